The SMILES string of the molecule is CC(C)C([C]=O)([C]=O)C(C)C. The van der Waals surface area contributed by atoms with Crippen molar-refractivity contribution in [1.82, 2.24) is 0 Å². The van der Waals surface area contributed by atoms with Gasteiger partial charge < -0.3 is 0 Å². The van der Waals surface area contributed by atoms with Gasteiger partial charge in [0.05, 0.1) is 0 Å². The summed E-state index contributed by atoms with van der Waals surface area (Å²) in [6.07, 6.45) is 3.58. The van der Waals surface area contributed by atoms with Crippen molar-refractivity contribution in [3.63, 3.8) is 0 Å². The van der Waals surface area contributed by atoms with Gasteiger partial charge in [-0.15, -0.1) is 0 Å². The highest BCUT2D eigenvalue weighted by molar-refractivity contribution is 5.85. The minimum absolute atomic E-state index is 0.0301. The van der Waals surface area contributed by atoms with Crippen LogP contribution in [0.1, 0.15) is 27.7 Å². The van der Waals surface area contributed by atoms with E-state index >= 15 is 0 Å². The molecular formula is C9H14O2. The molecule has 0 N–H and O–H groups in total. The molecule has 0 unspecified atom stereocenters. The van der Waals surface area contributed by atoms with E-state index in [1.807, 2.05) is 27.7 Å². The van der Waals surface area contributed by atoms with Crippen molar-refractivity contribution < 1.29 is 9.59 Å². The van der Waals surface area contributed by atoms with Crippen molar-refractivity contribution in [2.24, 2.45) is 17.3 Å². The minimum Gasteiger partial charge on any atom is -0.290 e. The van der Waals surface area contributed by atoms with Crippen molar-refractivity contribution in [3.05, 3.63) is 0 Å². The summed E-state index contributed by atoms with van der Waals surface area (Å²) in [6, 6.07) is 0. The summed E-state index contributed by atoms with van der Waals surface area (Å²) in [5.74, 6) is -0.0602. The Morgan fingerprint density at radius 3 is 1.18 bits per heavy atom. The van der Waals surface area contributed by atoms with Crippen LogP contribution in [0.4, 0.5) is 0 Å². The smallest absolute Gasteiger partial charge is 0.214 e. The summed E-state index contributed by atoms with van der Waals surface area (Å²) < 4.78 is 0. The van der Waals surface area contributed by atoms with Crippen molar-refractivity contribution >= 4 is 12.6 Å². The molecule has 0 aliphatic rings. The monoisotopic (exact) mass is 154 g/mol. The minimum atomic E-state index is -1.03. The maximum atomic E-state index is 10.6. The number of carbonyl (C=O) groups excluding carboxylic acids is 2. The van der Waals surface area contributed by atoms with Gasteiger partial charge in [0.1, 0.15) is 5.41 Å². The molecule has 62 valence electrons. The summed E-state index contributed by atoms with van der Waals surface area (Å²) in [5.41, 5.74) is -1.03. The molecule has 0 fully saturated rings. The fraction of sp³-hybridized carbons (Fsp3) is 0.778. The Balaban J connectivity index is 4.74. The molecule has 0 aromatic heterocycles. The lowest BCUT2D eigenvalue weighted by Crippen LogP contribution is -2.36. The predicted molar refractivity (Wildman–Crippen MR) is 43.5 cm³/mol. The van der Waals surface area contributed by atoms with E-state index in [0.717, 1.165) is 0 Å². The Kier molecular flexibility index (Phi) is 3.43. The second-order valence-electron chi connectivity index (χ2n) is 3.38. The quantitative estimate of drug-likeness (QED) is 0.575. The van der Waals surface area contributed by atoms with Crippen LogP contribution in [0, 0.1) is 17.3 Å². The molecule has 0 aliphatic heterocycles. The molecule has 0 amide bonds. The Hall–Kier alpha value is -0.660. The van der Waals surface area contributed by atoms with Crippen LogP contribution in [-0.4, -0.2) is 12.6 Å². The van der Waals surface area contributed by atoms with E-state index < -0.39 is 5.41 Å². The molecule has 0 rings (SSSR count). The normalized spacial score (nSPS) is 12.2. The van der Waals surface area contributed by atoms with Crippen molar-refractivity contribution in [2.75, 3.05) is 0 Å². The van der Waals surface area contributed by atoms with E-state index in [2.05, 4.69) is 0 Å². The highest BCUT2D eigenvalue weighted by atomic mass is 16.1. The van der Waals surface area contributed by atoms with Crippen LogP contribution in [0.5, 0.6) is 0 Å². The van der Waals surface area contributed by atoms with Crippen molar-refractivity contribution in [1.29, 1.82) is 0 Å². The van der Waals surface area contributed by atoms with Gasteiger partial charge in [-0.05, 0) is 11.8 Å². The third kappa shape index (κ3) is 1.67. The van der Waals surface area contributed by atoms with Crippen LogP contribution in [0.2, 0.25) is 0 Å². The molecule has 0 saturated heterocycles. The molecule has 0 atom stereocenters. The molecule has 0 aromatic carbocycles. The Morgan fingerprint density at radius 2 is 1.18 bits per heavy atom. The summed E-state index contributed by atoms with van der Waals surface area (Å²) in [6.45, 7) is 7.32. The van der Waals surface area contributed by atoms with Gasteiger partial charge in [0.25, 0.3) is 0 Å². The lowest BCUT2D eigenvalue weighted by molar-refractivity contribution is 0.277. The number of rotatable bonds is 4. The molecule has 0 heterocycles. The third-order valence-electron chi connectivity index (χ3n) is 2.16. The maximum absolute atomic E-state index is 10.6. The first-order valence-electron chi connectivity index (χ1n) is 3.79. The maximum Gasteiger partial charge on any atom is 0.214 e. The average Bonchev–Trinajstić information content (AvgIpc) is 1.90. The van der Waals surface area contributed by atoms with E-state index in [1.54, 1.807) is 12.6 Å². The van der Waals surface area contributed by atoms with Gasteiger partial charge >= 0.3 is 0 Å². The van der Waals surface area contributed by atoms with Crippen LogP contribution in [0.15, 0.2) is 0 Å². The van der Waals surface area contributed by atoms with Crippen LogP contribution < -0.4 is 0 Å². The van der Waals surface area contributed by atoms with Gasteiger partial charge in [-0.25, -0.2) is 0 Å². The molecule has 0 aliphatic carbocycles. The summed E-state index contributed by atoms with van der Waals surface area (Å²) in [4.78, 5) is 21.1. The molecule has 0 bridgehead atoms. The molecule has 2 heteroatoms. The zero-order valence-electron chi connectivity index (χ0n) is 7.47. The zero-order chi connectivity index (χ0) is 9.07. The van der Waals surface area contributed by atoms with Crippen LogP contribution >= 0.6 is 0 Å². The van der Waals surface area contributed by atoms with Crippen LogP contribution in [0.25, 0.3) is 0 Å². The van der Waals surface area contributed by atoms with E-state index in [-0.39, 0.29) is 11.8 Å². The molecule has 0 saturated carbocycles. The fourth-order valence-electron chi connectivity index (χ4n) is 1.16. The van der Waals surface area contributed by atoms with Crippen LogP contribution in [-0.2, 0) is 9.59 Å². The second-order valence-corrected chi connectivity index (χ2v) is 3.38. The van der Waals surface area contributed by atoms with E-state index in [9.17, 15) is 9.59 Å². The standard InChI is InChI=1S/C9H14O2/c1-7(2)9(5-10,6-11)8(3)4/h7-8H,1-4H3. The Labute approximate surface area is 68.0 Å². The molecule has 2 radical (unpaired) electrons. The largest absolute Gasteiger partial charge is 0.290 e. The Bertz CT molecular complexity index is 130. The highest BCUT2D eigenvalue weighted by Gasteiger charge is 2.38. The molecule has 2 nitrogen and oxygen atoms in total. The fourth-order valence-corrected chi connectivity index (χ4v) is 1.16. The molecule has 0 spiro atoms. The van der Waals surface area contributed by atoms with Crippen molar-refractivity contribution in [3.8, 4) is 0 Å². The summed E-state index contributed by atoms with van der Waals surface area (Å²) in [7, 11) is 0. The molecular weight excluding hydrogens is 140 g/mol. The first-order valence-corrected chi connectivity index (χ1v) is 3.79. The topological polar surface area (TPSA) is 34.1 Å². The van der Waals surface area contributed by atoms with Crippen LogP contribution in [0.3, 0.4) is 0 Å². The predicted octanol–water partition coefficient (Wildman–Crippen LogP) is 1.50. The zero-order valence-corrected chi connectivity index (χ0v) is 7.47. The van der Waals surface area contributed by atoms with Gasteiger partial charge in [-0.1, -0.05) is 27.7 Å². The second kappa shape index (κ2) is 3.65. The van der Waals surface area contributed by atoms with Crippen molar-refractivity contribution in [2.45, 2.75) is 27.7 Å². The van der Waals surface area contributed by atoms with Gasteiger partial charge in [0.2, 0.25) is 12.6 Å². The number of hydrogen-bond donors (Lipinski definition) is 0. The van der Waals surface area contributed by atoms with E-state index in [1.165, 1.54) is 0 Å². The lowest BCUT2D eigenvalue weighted by Gasteiger charge is -2.27. The highest BCUT2D eigenvalue weighted by Crippen LogP contribution is 2.31. The Morgan fingerprint density at radius 1 is 0.909 bits per heavy atom. The van der Waals surface area contributed by atoms with Gasteiger partial charge in [-0.3, -0.25) is 9.59 Å². The molecule has 11 heavy (non-hydrogen) atoms. The van der Waals surface area contributed by atoms with E-state index in [0.29, 0.717) is 0 Å². The summed E-state index contributed by atoms with van der Waals surface area (Å²) >= 11 is 0. The van der Waals surface area contributed by atoms with Gasteiger partial charge in [0, 0.05) is 0 Å². The van der Waals surface area contributed by atoms with E-state index in [4.69, 9.17) is 0 Å². The molecule has 0 aromatic rings. The lowest BCUT2D eigenvalue weighted by atomic mass is 9.71. The van der Waals surface area contributed by atoms with Gasteiger partial charge in [0.15, 0.2) is 0 Å². The van der Waals surface area contributed by atoms with Gasteiger partial charge in [-0.2, -0.15) is 0 Å². The number of hydrogen-bond acceptors (Lipinski definition) is 2. The first-order chi connectivity index (χ1) is 5.01. The average molecular weight is 154 g/mol. The summed E-state index contributed by atoms with van der Waals surface area (Å²) in [5, 5.41) is 0. The third-order valence-corrected chi connectivity index (χ3v) is 2.16. The first kappa shape index (κ1) is 10.3.